The molecule has 0 radical (unpaired) electrons. The molecule has 1 aromatic heterocycles. The van der Waals surface area contributed by atoms with Crippen LogP contribution in [0, 0.1) is 13.8 Å². The van der Waals surface area contributed by atoms with Crippen molar-refractivity contribution < 1.29 is 27.2 Å². The lowest BCUT2D eigenvalue weighted by Crippen LogP contribution is -2.23. The lowest BCUT2D eigenvalue weighted by atomic mass is 9.98. The molecule has 0 spiro atoms. The first kappa shape index (κ1) is 25.1. The fourth-order valence-electron chi connectivity index (χ4n) is 3.49. The lowest BCUT2D eigenvalue weighted by molar-refractivity contribution is 0.0280. The Bertz CT molecular complexity index is 1440. The molecule has 0 fully saturated rings. The van der Waals surface area contributed by atoms with Crippen LogP contribution in [-0.2, 0) is 21.3 Å². The summed E-state index contributed by atoms with van der Waals surface area (Å²) < 4.78 is 38.4. The molecule has 36 heavy (non-hydrogen) atoms. The molecule has 0 unspecified atom stereocenters. The molecule has 0 amide bonds. The van der Waals surface area contributed by atoms with Crippen LogP contribution in [0.4, 0.5) is 0 Å². The number of aryl methyl sites for hydroxylation is 2. The Hall–Kier alpha value is -4.01. The summed E-state index contributed by atoms with van der Waals surface area (Å²) in [5.74, 6) is -0.624. The molecule has 4 rings (SSSR count). The van der Waals surface area contributed by atoms with Gasteiger partial charge in [-0.25, -0.2) is 17.9 Å². The van der Waals surface area contributed by atoms with Crippen molar-refractivity contribution in [2.75, 3.05) is 0 Å². The quantitative estimate of drug-likeness (QED) is 0.250. The van der Waals surface area contributed by atoms with E-state index < -0.39 is 22.1 Å². The van der Waals surface area contributed by atoms with Crippen molar-refractivity contribution in [1.82, 2.24) is 4.72 Å². The highest BCUT2D eigenvalue weighted by molar-refractivity contribution is 7.89. The maximum Gasteiger partial charge on any atom is 0.339 e. The summed E-state index contributed by atoms with van der Waals surface area (Å²) >= 11 is 0. The van der Waals surface area contributed by atoms with Gasteiger partial charge in [0, 0.05) is 11.1 Å². The molecule has 7 nitrogen and oxygen atoms in total. The van der Waals surface area contributed by atoms with Crippen molar-refractivity contribution >= 4 is 21.8 Å². The molecule has 1 N–H and O–H groups in total. The molecule has 0 bridgehead atoms. The molecule has 0 aliphatic carbocycles. The Morgan fingerprint density at radius 3 is 2.00 bits per heavy atom. The van der Waals surface area contributed by atoms with E-state index in [1.807, 2.05) is 38.1 Å². The van der Waals surface area contributed by atoms with Gasteiger partial charge in [-0.1, -0.05) is 59.7 Å². The summed E-state index contributed by atoms with van der Waals surface area (Å²) in [5, 5.41) is 0. The molecule has 1 atom stereocenters. The van der Waals surface area contributed by atoms with Crippen molar-refractivity contribution in [3.05, 3.63) is 125 Å². The first-order valence-corrected chi connectivity index (χ1v) is 12.7. The van der Waals surface area contributed by atoms with Crippen LogP contribution in [-0.4, -0.2) is 20.2 Å². The van der Waals surface area contributed by atoms with E-state index in [9.17, 15) is 18.0 Å². The first-order chi connectivity index (χ1) is 17.2. The van der Waals surface area contributed by atoms with E-state index in [4.69, 9.17) is 9.15 Å². The number of nitrogens with one attached hydrogen (secondary N) is 1. The predicted octanol–water partition coefficient (Wildman–Crippen LogP) is 5.16. The summed E-state index contributed by atoms with van der Waals surface area (Å²) in [6.45, 7) is 3.84. The fraction of sp³-hybridized carbons (Fsp3) is 0.143. The van der Waals surface area contributed by atoms with Crippen molar-refractivity contribution in [2.45, 2.75) is 31.4 Å². The largest absolute Gasteiger partial charge is 0.468 e. The summed E-state index contributed by atoms with van der Waals surface area (Å²) in [5.41, 5.74) is 3.09. The number of ether oxygens (including phenoxy) is 1. The maximum atomic E-state index is 13.3. The summed E-state index contributed by atoms with van der Waals surface area (Å²) in [6.07, 6.45) is 0.302. The molecule has 0 saturated heterocycles. The number of ketones is 1. The van der Waals surface area contributed by atoms with E-state index in [1.165, 1.54) is 30.5 Å². The second-order valence-electron chi connectivity index (χ2n) is 8.35. The Morgan fingerprint density at radius 1 is 0.833 bits per heavy atom. The number of carbonyl (C=O) groups is 2. The standard InChI is InChI=1S/C28H25NO6S/c1-19-5-9-21(10-6-19)26(30)27(22-11-7-20(2)8-12-22)35-28(31)23-13-15-25(16-14-23)36(32,33)29-18-24-4-3-17-34-24/h3-17,27,29H,18H2,1-2H3/t27-/m1/s1. The maximum absolute atomic E-state index is 13.3. The topological polar surface area (TPSA) is 103 Å². The van der Waals surface area contributed by atoms with Crippen LogP contribution in [0.15, 0.2) is 101 Å². The molecule has 0 aliphatic rings. The molecule has 1 heterocycles. The summed E-state index contributed by atoms with van der Waals surface area (Å²) in [7, 11) is -3.82. The molecule has 8 heteroatoms. The van der Waals surface area contributed by atoms with Crippen LogP contribution in [0.3, 0.4) is 0 Å². The van der Waals surface area contributed by atoms with Crippen molar-refractivity contribution in [3.8, 4) is 0 Å². The van der Waals surface area contributed by atoms with E-state index in [-0.39, 0.29) is 22.8 Å². The smallest absolute Gasteiger partial charge is 0.339 e. The normalized spacial score (nSPS) is 12.2. The zero-order valence-electron chi connectivity index (χ0n) is 19.8. The average molecular weight is 504 g/mol. The molecule has 3 aromatic carbocycles. The molecule has 0 saturated carbocycles. The molecule has 0 aliphatic heterocycles. The van der Waals surface area contributed by atoms with E-state index in [2.05, 4.69) is 4.72 Å². The van der Waals surface area contributed by atoms with Gasteiger partial charge in [-0.15, -0.1) is 0 Å². The molecule has 184 valence electrons. The number of esters is 1. The Morgan fingerprint density at radius 2 is 1.42 bits per heavy atom. The first-order valence-electron chi connectivity index (χ1n) is 11.2. The number of rotatable bonds is 9. The van der Waals surface area contributed by atoms with Crippen molar-refractivity contribution in [1.29, 1.82) is 0 Å². The van der Waals surface area contributed by atoms with Gasteiger partial charge in [-0.2, -0.15) is 0 Å². The summed E-state index contributed by atoms with van der Waals surface area (Å²) in [6, 6.07) is 22.9. The minimum atomic E-state index is -3.82. The van der Waals surface area contributed by atoms with Crippen LogP contribution in [0.5, 0.6) is 0 Å². The zero-order valence-corrected chi connectivity index (χ0v) is 20.6. The third-order valence-corrected chi connectivity index (χ3v) is 7.01. The number of furan rings is 1. The highest BCUT2D eigenvalue weighted by Gasteiger charge is 2.27. The van der Waals surface area contributed by atoms with Gasteiger partial charge < -0.3 is 9.15 Å². The van der Waals surface area contributed by atoms with Crippen molar-refractivity contribution in [2.24, 2.45) is 0 Å². The molecule has 4 aromatic rings. The number of hydrogen-bond donors (Lipinski definition) is 1. The molecular weight excluding hydrogens is 478 g/mol. The van der Waals surface area contributed by atoms with E-state index in [0.29, 0.717) is 16.9 Å². The van der Waals surface area contributed by atoms with Gasteiger partial charge in [-0.05, 0) is 50.2 Å². The van der Waals surface area contributed by atoms with Crippen LogP contribution in [0.2, 0.25) is 0 Å². The Labute approximate surface area is 209 Å². The highest BCUT2D eigenvalue weighted by atomic mass is 32.2. The SMILES string of the molecule is Cc1ccc(C(=O)[C@H](OC(=O)c2ccc(S(=O)(=O)NCc3ccco3)cc2)c2ccc(C)cc2)cc1. The minimum absolute atomic E-state index is 0.00151. The number of hydrogen-bond acceptors (Lipinski definition) is 6. The number of benzene rings is 3. The zero-order chi connectivity index (χ0) is 25.7. The second-order valence-corrected chi connectivity index (χ2v) is 10.1. The fourth-order valence-corrected chi connectivity index (χ4v) is 4.48. The van der Waals surface area contributed by atoms with Gasteiger partial charge in [-0.3, -0.25) is 4.79 Å². The summed E-state index contributed by atoms with van der Waals surface area (Å²) in [4.78, 5) is 26.2. The molecular formula is C28H25NO6S. The van der Waals surface area contributed by atoms with Gasteiger partial charge >= 0.3 is 5.97 Å². The van der Waals surface area contributed by atoms with E-state index in [1.54, 1.807) is 36.4 Å². The number of Topliss-reactive ketones (excluding diaryl/α,β-unsaturated/α-hetero) is 1. The number of carbonyl (C=O) groups excluding carboxylic acids is 2. The van der Waals surface area contributed by atoms with Gasteiger partial charge in [0.2, 0.25) is 15.8 Å². The van der Waals surface area contributed by atoms with E-state index >= 15 is 0 Å². The average Bonchev–Trinajstić information content (AvgIpc) is 3.41. The van der Waals surface area contributed by atoms with Crippen LogP contribution in [0.25, 0.3) is 0 Å². The third-order valence-electron chi connectivity index (χ3n) is 5.60. The highest BCUT2D eigenvalue weighted by Crippen LogP contribution is 2.25. The van der Waals surface area contributed by atoms with Gasteiger partial charge in [0.05, 0.1) is 23.3 Å². The van der Waals surface area contributed by atoms with E-state index in [0.717, 1.165) is 11.1 Å². The van der Waals surface area contributed by atoms with Gasteiger partial charge in [0.1, 0.15) is 5.76 Å². The van der Waals surface area contributed by atoms with Crippen LogP contribution < -0.4 is 4.72 Å². The monoisotopic (exact) mass is 503 g/mol. The van der Waals surface area contributed by atoms with Gasteiger partial charge in [0.25, 0.3) is 0 Å². The second kappa shape index (κ2) is 10.7. The predicted molar refractivity (Wildman–Crippen MR) is 134 cm³/mol. The third kappa shape index (κ3) is 5.97. The number of sulfonamides is 1. The minimum Gasteiger partial charge on any atom is -0.468 e. The van der Waals surface area contributed by atoms with Crippen LogP contribution >= 0.6 is 0 Å². The lowest BCUT2D eigenvalue weighted by Gasteiger charge is -2.18. The van der Waals surface area contributed by atoms with Crippen molar-refractivity contribution in [3.63, 3.8) is 0 Å². The van der Waals surface area contributed by atoms with Crippen LogP contribution in [0.1, 0.15) is 49.3 Å². The Balaban J connectivity index is 1.53. The Kier molecular flexibility index (Phi) is 7.47. The van der Waals surface area contributed by atoms with Gasteiger partial charge in [0.15, 0.2) is 6.10 Å².